The van der Waals surface area contributed by atoms with Crippen LogP contribution < -0.4 is 25.7 Å². The summed E-state index contributed by atoms with van der Waals surface area (Å²) in [4.78, 5) is 76.9. The molecule has 4 aromatic carbocycles. The molecule has 0 spiro atoms. The zero-order valence-corrected chi connectivity index (χ0v) is 61.0. The summed E-state index contributed by atoms with van der Waals surface area (Å²) >= 11 is 0. The van der Waals surface area contributed by atoms with Crippen molar-refractivity contribution >= 4 is 79.4 Å². The third kappa shape index (κ3) is 15.8. The number of H-pyrrole nitrogens is 1. The van der Waals surface area contributed by atoms with Gasteiger partial charge in [0.15, 0.2) is 63.3 Å². The van der Waals surface area contributed by atoms with Crippen LogP contribution in [0.3, 0.4) is 0 Å². The van der Waals surface area contributed by atoms with Crippen molar-refractivity contribution < 1.29 is 69.7 Å². The second kappa shape index (κ2) is 30.5. The smallest absolute Gasteiger partial charge is 0.497 e. The lowest BCUT2D eigenvalue weighted by Gasteiger charge is -2.41. The van der Waals surface area contributed by atoms with Crippen LogP contribution in [0, 0.1) is 17.2 Å². The molecule has 27 nitrogen and oxygen atoms in total. The highest BCUT2D eigenvalue weighted by atomic mass is 31.2. The van der Waals surface area contributed by atoms with Crippen molar-refractivity contribution in [2.75, 3.05) is 44.7 Å². The average molecular weight is 1420 g/mol. The van der Waals surface area contributed by atoms with E-state index in [1.54, 1.807) is 58.4 Å². The van der Waals surface area contributed by atoms with E-state index in [2.05, 4.69) is 75.5 Å². The molecule has 31 heteroatoms. The Morgan fingerprint density at radius 3 is 1.79 bits per heavy atom. The van der Waals surface area contributed by atoms with E-state index in [4.69, 9.17) is 55.6 Å². The van der Waals surface area contributed by atoms with Gasteiger partial charge in [-0.2, -0.15) is 10.2 Å². The highest BCUT2D eigenvalue weighted by Crippen LogP contribution is 2.53. The van der Waals surface area contributed by atoms with Gasteiger partial charge in [-0.25, -0.2) is 19.9 Å². The van der Waals surface area contributed by atoms with Crippen LogP contribution in [0.25, 0.3) is 22.3 Å². The van der Waals surface area contributed by atoms with E-state index < -0.39 is 122 Å². The fourth-order valence-electron chi connectivity index (χ4n) is 10.9. The van der Waals surface area contributed by atoms with Crippen molar-refractivity contribution in [3.63, 3.8) is 0 Å². The van der Waals surface area contributed by atoms with Crippen LogP contribution in [0.5, 0.6) is 11.5 Å². The monoisotopic (exact) mass is 1420 g/mol. The number of amides is 2. The number of rotatable bonds is 28. The average Bonchev–Trinajstić information content (AvgIpc) is 1.12. The molecule has 98 heavy (non-hydrogen) atoms. The van der Waals surface area contributed by atoms with Crippen molar-refractivity contribution in [2.45, 2.75) is 153 Å². The first kappa shape index (κ1) is 73.1. The first-order valence-corrected chi connectivity index (χ1v) is 40.0. The van der Waals surface area contributed by atoms with Crippen molar-refractivity contribution in [3.05, 3.63) is 161 Å². The van der Waals surface area contributed by atoms with Gasteiger partial charge in [0.05, 0.1) is 59.2 Å². The van der Waals surface area contributed by atoms with Gasteiger partial charge >= 0.3 is 16.9 Å². The zero-order valence-electron chi connectivity index (χ0n) is 57.2. The number of ether oxygens (including phenoxy) is 5. The number of nitriles is 1. The van der Waals surface area contributed by atoms with Crippen molar-refractivity contribution in [1.82, 2.24) is 39.0 Å². The molecule has 2 unspecified atom stereocenters. The van der Waals surface area contributed by atoms with Gasteiger partial charge in [-0.3, -0.25) is 33.8 Å². The van der Waals surface area contributed by atoms with Crippen LogP contribution >= 0.6 is 16.9 Å². The highest BCUT2D eigenvalue weighted by Gasteiger charge is 2.57. The number of aromatic nitrogens is 8. The molecule has 2 aliphatic rings. The first-order chi connectivity index (χ1) is 46.6. The maximum absolute atomic E-state index is 14.0. The Labute approximate surface area is 572 Å². The number of carbonyl (C=O) groups excluding carboxylic acids is 2. The highest BCUT2D eigenvalue weighted by molar-refractivity contribution is 7.41. The Morgan fingerprint density at radius 1 is 0.704 bits per heavy atom. The van der Waals surface area contributed by atoms with Gasteiger partial charge < -0.3 is 51.4 Å². The molecule has 6 heterocycles. The summed E-state index contributed by atoms with van der Waals surface area (Å²) in [5.74, 6) is -0.155. The normalized spacial score (nSPS) is 20.5. The summed E-state index contributed by atoms with van der Waals surface area (Å²) in [5, 5.41) is 14.7. The van der Waals surface area contributed by atoms with Crippen molar-refractivity contribution in [2.24, 2.45) is 5.92 Å². The van der Waals surface area contributed by atoms with Gasteiger partial charge in [0, 0.05) is 16.0 Å². The molecule has 0 radical (unpaired) electrons. The standard InChI is InChI=1S/C67H83N11O16P2Si2/c1-41(2)59(79)75-64-74-58-51(61(81)76-64)72-40-78(58)63-55(52(93-97(11,12)65(3,4)5)48(89-63)36-86-67(43-24-19-16-20-25-43,44-26-30-46(84-9)31-27-44)45-28-32-47(85-10)33-29-45)92-96(87-35-21-34-68)88-37-49-53(94-98(13,14)66(6,7)8)54(91-95(82)83)62(90-49)77-39-71-50-56(69-38-70-57(50)77)73-60(80)42-22-17-15-18-23-42/h15-20,22-33,38-41,48-49,52-55,62-63H,21,35-37H2,1-14H3,(H3-,69,70,73,74,75,76,79,80,81,82,83)/p+1/t48-,49-,52-,53-,54-,55-,62-,63-,96?/m1/s1. The molecule has 10 rings (SSSR count). The summed E-state index contributed by atoms with van der Waals surface area (Å²) in [6.45, 7) is 23.3. The molecule has 0 aliphatic carbocycles. The lowest BCUT2D eigenvalue weighted by atomic mass is 9.80. The molecular weight excluding hydrogens is 1330 g/mol. The van der Waals surface area contributed by atoms with Crippen LogP contribution in [-0.2, 0) is 56.1 Å². The van der Waals surface area contributed by atoms with Gasteiger partial charge in [0.2, 0.25) is 11.9 Å². The lowest BCUT2D eigenvalue weighted by molar-refractivity contribution is -0.118. The Morgan fingerprint density at radius 2 is 1.23 bits per heavy atom. The fourth-order valence-corrected chi connectivity index (χ4v) is 15.1. The third-order valence-corrected chi connectivity index (χ3v) is 28.8. The van der Waals surface area contributed by atoms with Gasteiger partial charge in [-0.1, -0.05) is 128 Å². The van der Waals surface area contributed by atoms with E-state index in [1.165, 1.54) is 28.1 Å². The van der Waals surface area contributed by atoms with E-state index in [1.807, 2.05) is 113 Å². The second-order valence-corrected chi connectivity index (χ2v) is 38.4. The van der Waals surface area contributed by atoms with E-state index in [0.29, 0.717) is 17.1 Å². The molecule has 2 fully saturated rings. The van der Waals surface area contributed by atoms with Gasteiger partial charge in [-0.15, -0.1) is 9.42 Å². The number of carbonyl (C=O) groups is 2. The molecular formula is C67H84N11O16P2Si2+. The number of hydrogen-bond donors (Lipinski definition) is 4. The number of anilines is 2. The van der Waals surface area contributed by atoms with Crippen LogP contribution in [0.2, 0.25) is 36.3 Å². The molecule has 0 bridgehead atoms. The summed E-state index contributed by atoms with van der Waals surface area (Å²) in [5.41, 5.74) is 0.871. The quantitative estimate of drug-likeness (QED) is 0.0153. The largest absolute Gasteiger partial charge is 0.695 e. The minimum atomic E-state index is -3.32. The molecule has 2 amide bonds. The van der Waals surface area contributed by atoms with E-state index >= 15 is 0 Å². The molecule has 2 aliphatic heterocycles. The molecule has 0 saturated carbocycles. The van der Waals surface area contributed by atoms with E-state index in [0.717, 1.165) is 16.7 Å². The minimum absolute atomic E-state index is 0.0112. The zero-order chi connectivity index (χ0) is 70.5. The number of hydrogen-bond acceptors (Lipinski definition) is 21. The Bertz CT molecular complexity index is 4140. The lowest BCUT2D eigenvalue weighted by Crippen LogP contribution is -2.51. The molecule has 8 aromatic rings. The van der Waals surface area contributed by atoms with Crippen LogP contribution in [0.4, 0.5) is 11.8 Å². The number of nitrogens with one attached hydrogen (secondary N) is 3. The Balaban J connectivity index is 1.09. The van der Waals surface area contributed by atoms with E-state index in [-0.39, 0.29) is 60.3 Å². The van der Waals surface area contributed by atoms with Gasteiger partial charge in [-0.05, 0) is 89.4 Å². The van der Waals surface area contributed by atoms with Crippen LogP contribution in [-0.4, -0.2) is 143 Å². The summed E-state index contributed by atoms with van der Waals surface area (Å²) in [6.07, 6.45) is -5.62. The summed E-state index contributed by atoms with van der Waals surface area (Å²) in [7, 11) is -8.63. The fraction of sp³-hybridized carbons (Fsp3) is 0.448. The van der Waals surface area contributed by atoms with Crippen molar-refractivity contribution in [1.29, 1.82) is 5.26 Å². The topological polar surface area (TPSA) is 328 Å². The molecule has 520 valence electrons. The molecule has 4 aromatic heterocycles. The maximum Gasteiger partial charge on any atom is 0.695 e. The van der Waals surface area contributed by atoms with E-state index in [9.17, 15) is 29.1 Å². The number of benzene rings is 4. The Hall–Kier alpha value is -7.63. The summed E-state index contributed by atoms with van der Waals surface area (Å²) in [6, 6.07) is 35.7. The predicted molar refractivity (Wildman–Crippen MR) is 370 cm³/mol. The van der Waals surface area contributed by atoms with Crippen molar-refractivity contribution in [3.8, 4) is 17.6 Å². The van der Waals surface area contributed by atoms with Gasteiger partial charge in [0.25, 0.3) is 11.5 Å². The predicted octanol–water partition coefficient (Wildman–Crippen LogP) is 12.0. The SMILES string of the molecule is COc1ccc(C(OC[C@H]2O[C@@H](n3cnc4c(=O)[nH]c(NC(=O)C(C)C)nc43)[C@H](OP(OCCC#N)OC[C@H]3O[C@@H](n4cnc5c(NC(=O)c6ccccc6)ncnc54)[C@H](O[P+](=O)O)[C@@H]3O[Si](C)(C)C(C)(C)C)[C@@H]2O[Si](C)(C)C(C)(C)C)(c2ccccc2)c2ccc(OC)cc2)cc1. The molecule has 2 saturated heterocycles. The van der Waals surface area contributed by atoms with Crippen LogP contribution in [0.15, 0.2) is 133 Å². The minimum Gasteiger partial charge on any atom is -0.497 e. The number of nitrogens with zero attached hydrogens (tertiary/aromatic N) is 8. The van der Waals surface area contributed by atoms with Gasteiger partial charge in [0.1, 0.15) is 53.9 Å². The molecule has 4 N–H and O–H groups in total. The van der Waals surface area contributed by atoms with Crippen LogP contribution in [0.1, 0.15) is 101 Å². The number of aromatic amines is 1. The number of fused-ring (bicyclic) bond motifs is 2. The third-order valence-electron chi connectivity index (χ3n) is 18.2. The first-order valence-electron chi connectivity index (χ1n) is 32.0. The molecule has 10 atom stereocenters. The summed E-state index contributed by atoms with van der Waals surface area (Å²) < 4.78 is 90.8. The second-order valence-electron chi connectivity index (χ2n) is 27.0. The number of methoxy groups -OCH3 is 2. The maximum atomic E-state index is 14.0. The number of imidazole rings is 2. The Kier molecular flexibility index (Phi) is 22.7.